The summed E-state index contributed by atoms with van der Waals surface area (Å²) in [5.41, 5.74) is 0.505. The van der Waals surface area contributed by atoms with Crippen molar-refractivity contribution in [1.82, 2.24) is 20.0 Å². The molecule has 9 heteroatoms. The minimum atomic E-state index is -0.660. The average Bonchev–Trinajstić information content (AvgIpc) is 3.36. The fraction of sp³-hybridized carbons (Fsp3) is 0.800. The van der Waals surface area contributed by atoms with E-state index in [1.165, 1.54) is 0 Å². The van der Waals surface area contributed by atoms with Gasteiger partial charge in [-0.15, -0.1) is 0 Å². The van der Waals surface area contributed by atoms with Crippen LogP contribution in [0.25, 0.3) is 0 Å². The predicted molar refractivity (Wildman–Crippen MR) is 151 cm³/mol. The number of nitrogens with zero attached hydrogens (tertiary/aromatic N) is 3. The number of likely N-dealkylation sites (N-methyl/N-ethyl adjacent to an activating group) is 2. The molecule has 0 aromatic heterocycles. The van der Waals surface area contributed by atoms with Crippen LogP contribution in [0.15, 0.2) is 11.6 Å². The molecule has 0 bridgehead atoms. The first kappa shape index (κ1) is 31.1. The van der Waals surface area contributed by atoms with E-state index in [9.17, 15) is 19.2 Å². The first-order chi connectivity index (χ1) is 18.4. The van der Waals surface area contributed by atoms with Crippen molar-refractivity contribution in [2.24, 2.45) is 11.8 Å². The molecule has 1 aliphatic carbocycles. The number of nitrogens with one attached hydrogen (secondary N) is 1. The van der Waals surface area contributed by atoms with Gasteiger partial charge in [-0.3, -0.25) is 19.3 Å². The molecular formula is C30H50N4O5. The number of hydrogen-bond acceptors (Lipinski definition) is 6. The Labute approximate surface area is 234 Å². The van der Waals surface area contributed by atoms with Crippen molar-refractivity contribution in [3.8, 4) is 0 Å². The third-order valence-electron chi connectivity index (χ3n) is 8.66. The maximum absolute atomic E-state index is 13.7. The molecule has 0 aromatic rings. The zero-order valence-corrected chi connectivity index (χ0v) is 25.1. The fourth-order valence-electron chi connectivity index (χ4n) is 5.83. The van der Waals surface area contributed by atoms with Gasteiger partial charge in [0.1, 0.15) is 18.2 Å². The summed E-state index contributed by atoms with van der Waals surface area (Å²) in [4.78, 5) is 58.4. The molecule has 3 fully saturated rings. The summed E-state index contributed by atoms with van der Waals surface area (Å²) in [6, 6.07) is -1.77. The highest BCUT2D eigenvalue weighted by Gasteiger charge is 2.38. The maximum atomic E-state index is 13.7. The number of rotatable bonds is 10. The number of amides is 3. The maximum Gasteiger partial charge on any atom is 0.329 e. The Morgan fingerprint density at radius 2 is 1.56 bits per heavy atom. The molecule has 2 aliphatic heterocycles. The van der Waals surface area contributed by atoms with Crippen LogP contribution in [0, 0.1) is 11.8 Å². The van der Waals surface area contributed by atoms with Crippen molar-refractivity contribution in [3.05, 3.63) is 11.6 Å². The van der Waals surface area contributed by atoms with Gasteiger partial charge in [-0.2, -0.15) is 0 Å². The summed E-state index contributed by atoms with van der Waals surface area (Å²) < 4.78 is 5.61. The Bertz CT molecular complexity index is 928. The molecule has 0 aromatic carbocycles. The quantitative estimate of drug-likeness (QED) is 0.334. The molecule has 220 valence electrons. The van der Waals surface area contributed by atoms with Crippen molar-refractivity contribution in [2.45, 2.75) is 116 Å². The third-order valence-corrected chi connectivity index (χ3v) is 8.66. The van der Waals surface area contributed by atoms with Gasteiger partial charge in [-0.05, 0) is 77.3 Å². The van der Waals surface area contributed by atoms with E-state index in [0.717, 1.165) is 51.5 Å². The van der Waals surface area contributed by atoms with E-state index in [0.29, 0.717) is 18.5 Å². The number of piperidine rings is 1. The van der Waals surface area contributed by atoms with Crippen LogP contribution in [0.5, 0.6) is 0 Å². The van der Waals surface area contributed by atoms with E-state index in [-0.39, 0.29) is 53.7 Å². The molecular weight excluding hydrogens is 496 g/mol. The average molecular weight is 547 g/mol. The van der Waals surface area contributed by atoms with Crippen LogP contribution >= 0.6 is 0 Å². The summed E-state index contributed by atoms with van der Waals surface area (Å²) in [6.07, 6.45) is 8.96. The Kier molecular flexibility index (Phi) is 11.0. The second-order valence-corrected chi connectivity index (χ2v) is 12.4. The standard InChI is InChI=1S/C30H50N4O5/c1-19(2)25(18-21(5)28(36)34-17-11-15-24(34)30(38)39-22-12-10-13-22)33(7)29(37)26(20(3)4)31-27(35)23-14-8-9-16-32(23)6/h18-20,22-26H,8-17H2,1-7H3,(H,31,35)/b21-18+/t23-,24+,25-,26+/m1/s1. The lowest BCUT2D eigenvalue weighted by Gasteiger charge is -2.36. The number of carbonyl (C=O) groups excluding carboxylic acids is 4. The topological polar surface area (TPSA) is 99.3 Å². The number of hydrogen-bond donors (Lipinski definition) is 1. The highest BCUT2D eigenvalue weighted by Crippen LogP contribution is 2.27. The van der Waals surface area contributed by atoms with E-state index in [1.54, 1.807) is 23.8 Å². The number of ether oxygens (including phenoxy) is 1. The van der Waals surface area contributed by atoms with Crippen LogP contribution in [-0.2, 0) is 23.9 Å². The highest BCUT2D eigenvalue weighted by molar-refractivity contribution is 5.96. The van der Waals surface area contributed by atoms with Crippen LogP contribution in [0.1, 0.15) is 86.0 Å². The molecule has 0 spiro atoms. The first-order valence-corrected chi connectivity index (χ1v) is 14.9. The zero-order valence-electron chi connectivity index (χ0n) is 25.1. The van der Waals surface area contributed by atoms with Gasteiger partial charge in [0.05, 0.1) is 12.1 Å². The van der Waals surface area contributed by atoms with Crippen LogP contribution in [0.4, 0.5) is 0 Å². The number of esters is 1. The molecule has 2 heterocycles. The minimum absolute atomic E-state index is 0.00965. The van der Waals surface area contributed by atoms with Gasteiger partial charge in [0.2, 0.25) is 17.7 Å². The molecule has 0 unspecified atom stereocenters. The smallest absolute Gasteiger partial charge is 0.329 e. The monoisotopic (exact) mass is 546 g/mol. The van der Waals surface area contributed by atoms with Crippen LogP contribution in [0.3, 0.4) is 0 Å². The van der Waals surface area contributed by atoms with E-state index in [1.807, 2.05) is 40.8 Å². The van der Waals surface area contributed by atoms with Crippen molar-refractivity contribution < 1.29 is 23.9 Å². The molecule has 39 heavy (non-hydrogen) atoms. The summed E-state index contributed by atoms with van der Waals surface area (Å²) >= 11 is 0. The summed E-state index contributed by atoms with van der Waals surface area (Å²) in [5.74, 6) is -0.824. The van der Waals surface area contributed by atoms with Crippen molar-refractivity contribution >= 4 is 23.7 Å². The SMILES string of the molecule is C/C(=C\[C@H](C(C)C)N(C)C(=O)[C@@H](NC(=O)[C@H]1CCCCN1C)C(C)C)C(=O)N1CCC[C@H]1C(=O)OC1CCC1. The Morgan fingerprint density at radius 3 is 2.13 bits per heavy atom. The molecule has 4 atom stereocenters. The molecule has 2 saturated heterocycles. The predicted octanol–water partition coefficient (Wildman–Crippen LogP) is 3.13. The molecule has 3 amide bonds. The second-order valence-electron chi connectivity index (χ2n) is 12.4. The van der Waals surface area contributed by atoms with Gasteiger partial charge in [0, 0.05) is 19.2 Å². The first-order valence-electron chi connectivity index (χ1n) is 14.9. The summed E-state index contributed by atoms with van der Waals surface area (Å²) in [5, 5.41) is 3.04. The summed E-state index contributed by atoms with van der Waals surface area (Å²) in [7, 11) is 3.70. The van der Waals surface area contributed by atoms with Crippen LogP contribution in [-0.4, -0.2) is 95.8 Å². The lowest BCUT2D eigenvalue weighted by atomic mass is 9.95. The fourth-order valence-corrected chi connectivity index (χ4v) is 5.83. The largest absolute Gasteiger partial charge is 0.461 e. The molecule has 3 rings (SSSR count). The van der Waals surface area contributed by atoms with Crippen LogP contribution < -0.4 is 5.32 Å². The lowest BCUT2D eigenvalue weighted by molar-refractivity contribution is -0.160. The van der Waals surface area contributed by atoms with E-state index < -0.39 is 12.1 Å². The zero-order chi connectivity index (χ0) is 28.9. The highest BCUT2D eigenvalue weighted by atomic mass is 16.5. The minimum Gasteiger partial charge on any atom is -0.461 e. The number of carbonyl (C=O) groups is 4. The lowest BCUT2D eigenvalue weighted by Crippen LogP contribution is -2.57. The van der Waals surface area contributed by atoms with Gasteiger partial charge in [-0.25, -0.2) is 4.79 Å². The van der Waals surface area contributed by atoms with Crippen molar-refractivity contribution in [2.75, 3.05) is 27.2 Å². The normalized spacial score (nSPS) is 24.3. The van der Waals surface area contributed by atoms with Gasteiger partial charge in [0.25, 0.3) is 0 Å². The van der Waals surface area contributed by atoms with E-state index in [4.69, 9.17) is 4.74 Å². The van der Waals surface area contributed by atoms with Gasteiger partial charge < -0.3 is 19.9 Å². The van der Waals surface area contributed by atoms with Crippen molar-refractivity contribution in [1.29, 1.82) is 0 Å². The van der Waals surface area contributed by atoms with Crippen molar-refractivity contribution in [3.63, 3.8) is 0 Å². The Balaban J connectivity index is 1.71. The summed E-state index contributed by atoms with van der Waals surface area (Å²) in [6.45, 7) is 11.0. The molecule has 9 nitrogen and oxygen atoms in total. The van der Waals surface area contributed by atoms with E-state index >= 15 is 0 Å². The van der Waals surface area contributed by atoms with Gasteiger partial charge >= 0.3 is 5.97 Å². The Morgan fingerprint density at radius 1 is 0.897 bits per heavy atom. The Hall–Kier alpha value is -2.42. The third kappa shape index (κ3) is 7.62. The molecule has 1 N–H and O–H groups in total. The molecule has 0 radical (unpaired) electrons. The van der Waals surface area contributed by atoms with E-state index in [2.05, 4.69) is 10.2 Å². The van der Waals surface area contributed by atoms with Gasteiger partial charge in [-0.1, -0.05) is 40.2 Å². The molecule has 1 saturated carbocycles. The number of likely N-dealkylation sites (tertiary alicyclic amines) is 2. The van der Waals surface area contributed by atoms with Crippen LogP contribution in [0.2, 0.25) is 0 Å². The second kappa shape index (κ2) is 13.8. The molecule has 3 aliphatic rings. The van der Waals surface area contributed by atoms with Gasteiger partial charge in [0.15, 0.2) is 0 Å².